The van der Waals surface area contributed by atoms with Gasteiger partial charge in [0.25, 0.3) is 0 Å². The van der Waals surface area contributed by atoms with Crippen molar-refractivity contribution in [3.05, 3.63) is 35.4 Å². The van der Waals surface area contributed by atoms with E-state index in [1.165, 1.54) is 11.1 Å². The number of hydrogen-bond acceptors (Lipinski definition) is 1. The average molecular weight is 165 g/mol. The Labute approximate surface area is 71.8 Å². The SMILES string of the molecule is FCN1CCc2ccccc2C1. The molecular formula is C10H12FN. The molecule has 0 spiro atoms. The van der Waals surface area contributed by atoms with Gasteiger partial charge in [-0.3, -0.25) is 4.90 Å². The number of alkyl halides is 1. The Bertz CT molecular complexity index is 272. The van der Waals surface area contributed by atoms with Gasteiger partial charge in [-0.2, -0.15) is 0 Å². The van der Waals surface area contributed by atoms with Crippen molar-refractivity contribution < 1.29 is 4.39 Å². The maximum Gasteiger partial charge on any atom is 0.143 e. The number of benzene rings is 1. The molecule has 1 aliphatic rings. The first-order valence-electron chi connectivity index (χ1n) is 4.25. The molecule has 2 rings (SSSR count). The van der Waals surface area contributed by atoms with Gasteiger partial charge in [0.15, 0.2) is 0 Å². The highest BCUT2D eigenvalue weighted by atomic mass is 19.1. The molecule has 0 bridgehead atoms. The lowest BCUT2D eigenvalue weighted by Gasteiger charge is -2.25. The van der Waals surface area contributed by atoms with Crippen LogP contribution in [-0.2, 0) is 13.0 Å². The third kappa shape index (κ3) is 1.34. The minimum atomic E-state index is -0.325. The lowest BCUT2D eigenvalue weighted by atomic mass is 10.0. The first-order valence-corrected chi connectivity index (χ1v) is 4.25. The second-order valence-electron chi connectivity index (χ2n) is 3.19. The van der Waals surface area contributed by atoms with Gasteiger partial charge in [-0.15, -0.1) is 0 Å². The van der Waals surface area contributed by atoms with Crippen LogP contribution in [0, 0.1) is 0 Å². The highest BCUT2D eigenvalue weighted by Crippen LogP contribution is 2.17. The summed E-state index contributed by atoms with van der Waals surface area (Å²) in [6, 6.07) is 8.27. The summed E-state index contributed by atoms with van der Waals surface area (Å²) >= 11 is 0. The topological polar surface area (TPSA) is 3.24 Å². The van der Waals surface area contributed by atoms with E-state index in [-0.39, 0.29) is 6.80 Å². The van der Waals surface area contributed by atoms with Gasteiger partial charge in [-0.05, 0) is 17.5 Å². The summed E-state index contributed by atoms with van der Waals surface area (Å²) in [5.74, 6) is 0. The van der Waals surface area contributed by atoms with E-state index >= 15 is 0 Å². The second kappa shape index (κ2) is 3.23. The van der Waals surface area contributed by atoms with Crippen molar-refractivity contribution >= 4 is 0 Å². The molecule has 0 saturated heterocycles. The summed E-state index contributed by atoms with van der Waals surface area (Å²) in [6.45, 7) is 1.30. The Kier molecular flexibility index (Phi) is 2.09. The van der Waals surface area contributed by atoms with Gasteiger partial charge < -0.3 is 0 Å². The number of fused-ring (bicyclic) bond motifs is 1. The monoisotopic (exact) mass is 165 g/mol. The van der Waals surface area contributed by atoms with Crippen LogP contribution in [0.4, 0.5) is 4.39 Å². The van der Waals surface area contributed by atoms with Crippen molar-refractivity contribution in [1.29, 1.82) is 0 Å². The summed E-state index contributed by atoms with van der Waals surface area (Å²) in [4.78, 5) is 1.82. The molecule has 1 aromatic rings. The molecule has 0 amide bonds. The molecule has 0 aliphatic carbocycles. The number of nitrogens with zero attached hydrogens (tertiary/aromatic N) is 1. The van der Waals surface area contributed by atoms with Crippen molar-refractivity contribution in [2.45, 2.75) is 13.0 Å². The molecule has 0 atom stereocenters. The maximum atomic E-state index is 12.3. The van der Waals surface area contributed by atoms with Crippen LogP contribution in [0.1, 0.15) is 11.1 Å². The zero-order chi connectivity index (χ0) is 8.39. The molecule has 0 saturated carbocycles. The van der Waals surface area contributed by atoms with Crippen LogP contribution < -0.4 is 0 Å². The van der Waals surface area contributed by atoms with Gasteiger partial charge in [0.1, 0.15) is 6.80 Å². The predicted molar refractivity (Wildman–Crippen MR) is 46.5 cm³/mol. The summed E-state index contributed by atoms with van der Waals surface area (Å²) in [7, 11) is 0. The lowest BCUT2D eigenvalue weighted by molar-refractivity contribution is 0.170. The zero-order valence-corrected chi connectivity index (χ0v) is 6.96. The molecule has 1 heterocycles. The fraction of sp³-hybridized carbons (Fsp3) is 0.400. The number of hydrogen-bond donors (Lipinski definition) is 0. The third-order valence-corrected chi connectivity index (χ3v) is 2.38. The van der Waals surface area contributed by atoms with Gasteiger partial charge in [0.05, 0.1) is 0 Å². The van der Waals surface area contributed by atoms with Crippen LogP contribution >= 0.6 is 0 Å². The fourth-order valence-corrected chi connectivity index (χ4v) is 1.66. The Morgan fingerprint density at radius 3 is 2.75 bits per heavy atom. The van der Waals surface area contributed by atoms with Crippen LogP contribution in [0.5, 0.6) is 0 Å². The molecule has 12 heavy (non-hydrogen) atoms. The van der Waals surface area contributed by atoms with Crippen molar-refractivity contribution in [2.75, 3.05) is 13.3 Å². The van der Waals surface area contributed by atoms with Crippen molar-refractivity contribution in [1.82, 2.24) is 4.90 Å². The first-order chi connectivity index (χ1) is 5.90. The molecule has 1 aliphatic heterocycles. The number of rotatable bonds is 1. The largest absolute Gasteiger partial charge is 0.272 e. The summed E-state index contributed by atoms with van der Waals surface area (Å²) < 4.78 is 12.3. The molecular weight excluding hydrogens is 153 g/mol. The van der Waals surface area contributed by atoms with E-state index in [4.69, 9.17) is 0 Å². The Morgan fingerprint density at radius 1 is 1.25 bits per heavy atom. The lowest BCUT2D eigenvalue weighted by Crippen LogP contribution is -2.29. The Morgan fingerprint density at radius 2 is 2.00 bits per heavy atom. The van der Waals surface area contributed by atoms with Crippen molar-refractivity contribution in [3.63, 3.8) is 0 Å². The second-order valence-corrected chi connectivity index (χ2v) is 3.19. The van der Waals surface area contributed by atoms with Gasteiger partial charge in [0, 0.05) is 13.1 Å². The molecule has 0 unspecified atom stereocenters. The first kappa shape index (κ1) is 7.74. The predicted octanol–water partition coefficient (Wildman–Crippen LogP) is 1.97. The van der Waals surface area contributed by atoms with Gasteiger partial charge >= 0.3 is 0 Å². The van der Waals surface area contributed by atoms with Crippen LogP contribution in [-0.4, -0.2) is 18.2 Å². The maximum absolute atomic E-state index is 12.3. The highest BCUT2D eigenvalue weighted by Gasteiger charge is 2.14. The van der Waals surface area contributed by atoms with E-state index in [1.807, 2.05) is 17.0 Å². The van der Waals surface area contributed by atoms with E-state index in [0.29, 0.717) is 0 Å². The van der Waals surface area contributed by atoms with Crippen LogP contribution in [0.25, 0.3) is 0 Å². The summed E-state index contributed by atoms with van der Waals surface area (Å²) in [5.41, 5.74) is 2.66. The highest BCUT2D eigenvalue weighted by molar-refractivity contribution is 5.28. The molecule has 0 fully saturated rings. The minimum absolute atomic E-state index is 0.325. The fourth-order valence-electron chi connectivity index (χ4n) is 1.66. The molecule has 2 heteroatoms. The van der Waals surface area contributed by atoms with Crippen LogP contribution in [0.15, 0.2) is 24.3 Å². The van der Waals surface area contributed by atoms with E-state index in [2.05, 4.69) is 12.1 Å². The smallest absolute Gasteiger partial charge is 0.143 e. The zero-order valence-electron chi connectivity index (χ0n) is 6.96. The van der Waals surface area contributed by atoms with Crippen LogP contribution in [0.3, 0.4) is 0 Å². The van der Waals surface area contributed by atoms with E-state index in [0.717, 1.165) is 19.5 Å². The number of halogens is 1. The average Bonchev–Trinajstić information content (AvgIpc) is 2.17. The van der Waals surface area contributed by atoms with Crippen molar-refractivity contribution in [3.8, 4) is 0 Å². The summed E-state index contributed by atoms with van der Waals surface area (Å²) in [5, 5.41) is 0. The Balaban J connectivity index is 2.23. The quantitative estimate of drug-likeness (QED) is 0.575. The van der Waals surface area contributed by atoms with E-state index in [9.17, 15) is 4.39 Å². The van der Waals surface area contributed by atoms with Crippen molar-refractivity contribution in [2.24, 2.45) is 0 Å². The van der Waals surface area contributed by atoms with Gasteiger partial charge in [0.2, 0.25) is 0 Å². The van der Waals surface area contributed by atoms with Gasteiger partial charge in [-0.1, -0.05) is 24.3 Å². The molecule has 1 aromatic carbocycles. The minimum Gasteiger partial charge on any atom is -0.272 e. The third-order valence-electron chi connectivity index (χ3n) is 2.38. The van der Waals surface area contributed by atoms with E-state index in [1.54, 1.807) is 0 Å². The molecule has 0 aromatic heterocycles. The molecule has 0 radical (unpaired) electrons. The molecule has 64 valence electrons. The van der Waals surface area contributed by atoms with Crippen LogP contribution in [0.2, 0.25) is 0 Å². The standard InChI is InChI=1S/C10H12FN/c11-8-12-6-5-9-3-1-2-4-10(9)7-12/h1-4H,5-8H2. The normalized spacial score (nSPS) is 17.4. The van der Waals surface area contributed by atoms with E-state index < -0.39 is 0 Å². The summed E-state index contributed by atoms with van der Waals surface area (Å²) in [6.07, 6.45) is 0.986. The Hall–Kier alpha value is -0.890. The van der Waals surface area contributed by atoms with Gasteiger partial charge in [-0.25, -0.2) is 4.39 Å². The molecule has 1 nitrogen and oxygen atoms in total. The molecule has 0 N–H and O–H groups in total.